The van der Waals surface area contributed by atoms with Crippen molar-refractivity contribution in [3.8, 4) is 0 Å². The molecular formula is C18H24Cl3N3O2. The zero-order valence-corrected chi connectivity index (χ0v) is 17.0. The van der Waals surface area contributed by atoms with Gasteiger partial charge in [0.05, 0.1) is 10.0 Å². The Bertz CT molecular complexity index is 684. The predicted molar refractivity (Wildman–Crippen MR) is 107 cm³/mol. The Morgan fingerprint density at radius 3 is 2.62 bits per heavy atom. The molecule has 0 bridgehead atoms. The Morgan fingerprint density at radius 2 is 1.96 bits per heavy atom. The highest BCUT2D eigenvalue weighted by Gasteiger charge is 2.41. The quantitative estimate of drug-likeness (QED) is 0.763. The Labute approximate surface area is 170 Å². The molecule has 3 unspecified atom stereocenters. The molecule has 0 radical (unpaired) electrons. The van der Waals surface area contributed by atoms with E-state index in [1.165, 1.54) is 0 Å². The van der Waals surface area contributed by atoms with Crippen LogP contribution in [0.15, 0.2) is 18.2 Å². The fraction of sp³-hybridized carbons (Fsp3) is 0.556. The smallest absolute Gasteiger partial charge is 0.239 e. The van der Waals surface area contributed by atoms with E-state index in [-0.39, 0.29) is 30.3 Å². The first-order valence-electron chi connectivity index (χ1n) is 8.69. The van der Waals surface area contributed by atoms with E-state index in [0.717, 1.165) is 12.8 Å². The van der Waals surface area contributed by atoms with Gasteiger partial charge < -0.3 is 15.5 Å². The van der Waals surface area contributed by atoms with Gasteiger partial charge in [-0.1, -0.05) is 23.2 Å². The van der Waals surface area contributed by atoms with Crippen molar-refractivity contribution in [3.63, 3.8) is 0 Å². The zero-order valence-electron chi connectivity index (χ0n) is 14.7. The van der Waals surface area contributed by atoms with Crippen molar-refractivity contribution < 1.29 is 9.59 Å². The molecule has 8 heteroatoms. The molecule has 5 nitrogen and oxygen atoms in total. The molecule has 3 rings (SSSR count). The molecule has 3 atom stereocenters. The molecule has 0 aromatic heterocycles. The molecule has 0 spiro atoms. The number of hydrogen-bond donors (Lipinski definition) is 1. The van der Waals surface area contributed by atoms with Gasteiger partial charge in [0.25, 0.3) is 0 Å². The number of rotatable bonds is 3. The third kappa shape index (κ3) is 4.28. The molecule has 144 valence electrons. The largest absolute Gasteiger partial charge is 0.342 e. The molecule has 0 aliphatic carbocycles. The number of piperidine rings is 1. The third-order valence-corrected chi connectivity index (χ3v) is 5.97. The van der Waals surface area contributed by atoms with Crippen LogP contribution in [-0.2, 0) is 9.59 Å². The maximum Gasteiger partial charge on any atom is 0.239 e. The summed E-state index contributed by atoms with van der Waals surface area (Å²) in [5.41, 5.74) is 6.68. The first-order valence-corrected chi connectivity index (χ1v) is 9.45. The van der Waals surface area contributed by atoms with Crippen molar-refractivity contribution >= 4 is 53.1 Å². The number of carbonyl (C=O) groups excluding carboxylic acids is 2. The summed E-state index contributed by atoms with van der Waals surface area (Å²) < 4.78 is 0. The van der Waals surface area contributed by atoms with E-state index in [1.54, 1.807) is 23.1 Å². The Kier molecular flexibility index (Phi) is 7.19. The highest BCUT2D eigenvalue weighted by molar-refractivity contribution is 6.42. The molecule has 2 N–H and O–H groups in total. The van der Waals surface area contributed by atoms with Crippen LogP contribution >= 0.6 is 35.6 Å². The lowest BCUT2D eigenvalue weighted by Crippen LogP contribution is -2.48. The summed E-state index contributed by atoms with van der Waals surface area (Å²) in [5.74, 6) is -0.536. The standard InChI is InChI=1S/C18H23Cl2N3O2.ClH/c1-11(21)12-3-2-7-22(10-12)17(24)14-6-8-23(18(14)25)13-4-5-15(19)16(20)9-13;/h4-5,9,11-12,14H,2-3,6-8,10,21H2,1H3;1H. The maximum atomic E-state index is 12.9. The van der Waals surface area contributed by atoms with Crippen LogP contribution < -0.4 is 10.6 Å². The lowest BCUT2D eigenvalue weighted by Gasteiger charge is -2.35. The Morgan fingerprint density at radius 1 is 1.23 bits per heavy atom. The summed E-state index contributed by atoms with van der Waals surface area (Å²) in [7, 11) is 0. The number of nitrogens with zero attached hydrogens (tertiary/aromatic N) is 2. The molecule has 2 aliphatic rings. The Hall–Kier alpha value is -1.01. The minimum absolute atomic E-state index is 0. The summed E-state index contributed by atoms with van der Waals surface area (Å²) in [6, 6.07) is 5.15. The van der Waals surface area contributed by atoms with Crippen molar-refractivity contribution in [1.82, 2.24) is 4.90 Å². The fourth-order valence-electron chi connectivity index (χ4n) is 3.68. The van der Waals surface area contributed by atoms with Gasteiger partial charge in [-0.25, -0.2) is 0 Å². The van der Waals surface area contributed by atoms with E-state index >= 15 is 0 Å². The highest BCUT2D eigenvalue weighted by atomic mass is 35.5. The second kappa shape index (κ2) is 8.79. The van der Waals surface area contributed by atoms with Crippen molar-refractivity contribution in [3.05, 3.63) is 28.2 Å². The van der Waals surface area contributed by atoms with Crippen molar-refractivity contribution in [2.24, 2.45) is 17.6 Å². The number of hydrogen-bond acceptors (Lipinski definition) is 3. The minimum Gasteiger partial charge on any atom is -0.342 e. The van der Waals surface area contributed by atoms with E-state index in [4.69, 9.17) is 28.9 Å². The van der Waals surface area contributed by atoms with Crippen LogP contribution in [0.1, 0.15) is 26.2 Å². The van der Waals surface area contributed by atoms with Gasteiger partial charge in [0, 0.05) is 31.4 Å². The van der Waals surface area contributed by atoms with E-state index in [9.17, 15) is 9.59 Å². The molecule has 26 heavy (non-hydrogen) atoms. The summed E-state index contributed by atoms with van der Waals surface area (Å²) in [6.07, 6.45) is 2.50. The van der Waals surface area contributed by atoms with Gasteiger partial charge >= 0.3 is 0 Å². The third-order valence-electron chi connectivity index (χ3n) is 5.23. The molecule has 2 aliphatic heterocycles. The average Bonchev–Trinajstić information content (AvgIpc) is 2.98. The van der Waals surface area contributed by atoms with Crippen LogP contribution in [-0.4, -0.2) is 42.4 Å². The second-order valence-electron chi connectivity index (χ2n) is 6.98. The number of amides is 2. The molecule has 0 saturated carbocycles. The van der Waals surface area contributed by atoms with Crippen molar-refractivity contribution in [1.29, 1.82) is 0 Å². The van der Waals surface area contributed by atoms with Crippen molar-refractivity contribution in [2.45, 2.75) is 32.2 Å². The van der Waals surface area contributed by atoms with Crippen LogP contribution in [0.25, 0.3) is 0 Å². The topological polar surface area (TPSA) is 66.6 Å². The SMILES string of the molecule is CC(N)C1CCCN(C(=O)C2CCN(c3ccc(Cl)c(Cl)c3)C2=O)C1.Cl. The number of halogens is 3. The van der Waals surface area contributed by atoms with Crippen LogP contribution in [0.4, 0.5) is 5.69 Å². The number of nitrogens with two attached hydrogens (primary N) is 1. The lowest BCUT2D eigenvalue weighted by molar-refractivity contribution is -0.141. The van der Waals surface area contributed by atoms with Gasteiger partial charge in [-0.2, -0.15) is 0 Å². The summed E-state index contributed by atoms with van der Waals surface area (Å²) in [5, 5.41) is 0.845. The van der Waals surface area contributed by atoms with Crippen LogP contribution in [0, 0.1) is 11.8 Å². The molecular weight excluding hydrogens is 397 g/mol. The number of likely N-dealkylation sites (tertiary alicyclic amines) is 1. The van der Waals surface area contributed by atoms with Crippen LogP contribution in [0.2, 0.25) is 10.0 Å². The van der Waals surface area contributed by atoms with E-state index < -0.39 is 5.92 Å². The van der Waals surface area contributed by atoms with Gasteiger partial charge in [-0.15, -0.1) is 12.4 Å². The van der Waals surface area contributed by atoms with Crippen LogP contribution in [0.5, 0.6) is 0 Å². The first kappa shape index (κ1) is 21.3. The average molecular weight is 421 g/mol. The van der Waals surface area contributed by atoms with Gasteiger partial charge in [-0.05, 0) is 50.3 Å². The number of benzene rings is 1. The summed E-state index contributed by atoms with van der Waals surface area (Å²) >= 11 is 12.0. The van der Waals surface area contributed by atoms with E-state index in [2.05, 4.69) is 0 Å². The van der Waals surface area contributed by atoms with Gasteiger partial charge in [0.1, 0.15) is 5.92 Å². The van der Waals surface area contributed by atoms with E-state index in [1.807, 2.05) is 11.8 Å². The molecule has 2 saturated heterocycles. The van der Waals surface area contributed by atoms with Crippen LogP contribution in [0.3, 0.4) is 0 Å². The number of anilines is 1. The predicted octanol–water partition coefficient (Wildman–Crippen LogP) is 3.35. The lowest BCUT2D eigenvalue weighted by atomic mass is 9.91. The highest BCUT2D eigenvalue weighted by Crippen LogP contribution is 2.32. The van der Waals surface area contributed by atoms with Gasteiger partial charge in [0.15, 0.2) is 0 Å². The minimum atomic E-state index is -0.610. The maximum absolute atomic E-state index is 12.9. The zero-order chi connectivity index (χ0) is 18.1. The Balaban J connectivity index is 0.00000243. The molecule has 1 aromatic carbocycles. The summed E-state index contributed by atoms with van der Waals surface area (Å²) in [4.78, 5) is 29.1. The van der Waals surface area contributed by atoms with Gasteiger partial charge in [0.2, 0.25) is 11.8 Å². The fourth-order valence-corrected chi connectivity index (χ4v) is 3.97. The molecule has 2 heterocycles. The number of carbonyl (C=O) groups is 2. The van der Waals surface area contributed by atoms with E-state index in [0.29, 0.717) is 47.7 Å². The molecule has 1 aromatic rings. The van der Waals surface area contributed by atoms with Gasteiger partial charge in [-0.3, -0.25) is 9.59 Å². The molecule has 2 amide bonds. The first-order chi connectivity index (χ1) is 11.9. The monoisotopic (exact) mass is 419 g/mol. The summed E-state index contributed by atoms with van der Waals surface area (Å²) in [6.45, 7) is 3.84. The normalized spacial score (nSPS) is 24.4. The van der Waals surface area contributed by atoms with Crippen molar-refractivity contribution in [2.75, 3.05) is 24.5 Å². The molecule has 2 fully saturated rings. The second-order valence-corrected chi connectivity index (χ2v) is 7.79.